The van der Waals surface area contributed by atoms with E-state index in [1.165, 1.54) is 4.90 Å². The quantitative estimate of drug-likeness (QED) is 0.279. The molecule has 1 aromatic heterocycles. The van der Waals surface area contributed by atoms with Crippen molar-refractivity contribution in [2.24, 2.45) is 0 Å². The summed E-state index contributed by atoms with van der Waals surface area (Å²) >= 11 is 0. The number of carbonyl (C=O) groups is 2. The molecule has 0 saturated carbocycles. The van der Waals surface area contributed by atoms with Gasteiger partial charge in [-0.1, -0.05) is 25.1 Å². The summed E-state index contributed by atoms with van der Waals surface area (Å²) in [5, 5.41) is 11.4. The van der Waals surface area contributed by atoms with Crippen molar-refractivity contribution in [2.45, 2.75) is 32.9 Å². The van der Waals surface area contributed by atoms with Crippen LogP contribution in [0.15, 0.2) is 72.6 Å². The minimum absolute atomic E-state index is 0.0723. The van der Waals surface area contributed by atoms with Crippen molar-refractivity contribution in [3.63, 3.8) is 0 Å². The summed E-state index contributed by atoms with van der Waals surface area (Å²) in [6, 6.07) is 15.8. The van der Waals surface area contributed by atoms with E-state index in [1.54, 1.807) is 36.7 Å². The van der Waals surface area contributed by atoms with Gasteiger partial charge in [0.1, 0.15) is 11.5 Å². The summed E-state index contributed by atoms with van der Waals surface area (Å²) in [6.07, 6.45) is 4.21. The van der Waals surface area contributed by atoms with E-state index in [0.717, 1.165) is 34.5 Å². The lowest BCUT2D eigenvalue weighted by atomic mass is 9.94. The van der Waals surface area contributed by atoms with Crippen LogP contribution < -0.4 is 9.64 Å². The second-order valence-corrected chi connectivity index (χ2v) is 9.10. The van der Waals surface area contributed by atoms with E-state index in [-0.39, 0.29) is 17.9 Å². The number of ether oxygens (including phenoxy) is 1. The predicted octanol–water partition coefficient (Wildman–Crippen LogP) is 4.87. The summed E-state index contributed by atoms with van der Waals surface area (Å²) in [5.41, 5.74) is 3.89. The van der Waals surface area contributed by atoms with Crippen LogP contribution in [0.2, 0.25) is 0 Å². The van der Waals surface area contributed by atoms with Crippen LogP contribution in [-0.2, 0) is 16.1 Å². The highest BCUT2D eigenvalue weighted by molar-refractivity contribution is 6.46. The Morgan fingerprint density at radius 1 is 1.11 bits per heavy atom. The number of hydrogen-bond acceptors (Lipinski definition) is 6. The Balaban J connectivity index is 1.81. The molecule has 1 aliphatic heterocycles. The van der Waals surface area contributed by atoms with Crippen LogP contribution in [0.1, 0.15) is 41.6 Å². The molecule has 0 bridgehead atoms. The maximum Gasteiger partial charge on any atom is 0.295 e. The number of hydrogen-bond donors (Lipinski definition) is 1. The molecular formula is C29H31N3O4. The molecule has 0 spiro atoms. The molecule has 2 heterocycles. The fourth-order valence-corrected chi connectivity index (χ4v) is 4.36. The molecule has 186 valence electrons. The normalized spacial score (nSPS) is 16.9. The van der Waals surface area contributed by atoms with Crippen molar-refractivity contribution in [3.8, 4) is 5.75 Å². The van der Waals surface area contributed by atoms with Crippen LogP contribution in [0, 0.1) is 6.92 Å². The number of carbonyl (C=O) groups excluding carboxylic acids is 2. The molecule has 1 N–H and O–H groups in total. The molecule has 0 aliphatic carbocycles. The average molecular weight is 486 g/mol. The van der Waals surface area contributed by atoms with Crippen molar-refractivity contribution < 1.29 is 19.4 Å². The van der Waals surface area contributed by atoms with Gasteiger partial charge in [-0.15, -0.1) is 0 Å². The zero-order valence-corrected chi connectivity index (χ0v) is 21.1. The molecule has 1 fully saturated rings. The van der Waals surface area contributed by atoms with E-state index in [9.17, 15) is 14.7 Å². The van der Waals surface area contributed by atoms with E-state index >= 15 is 0 Å². The Bertz CT molecular complexity index is 1280. The Morgan fingerprint density at radius 3 is 2.47 bits per heavy atom. The topological polar surface area (TPSA) is 83.0 Å². The third kappa shape index (κ3) is 4.96. The van der Waals surface area contributed by atoms with Crippen LogP contribution in [0.25, 0.3) is 5.76 Å². The van der Waals surface area contributed by atoms with Gasteiger partial charge in [0.05, 0.1) is 18.2 Å². The molecule has 1 aliphatic rings. The predicted molar refractivity (Wildman–Crippen MR) is 140 cm³/mol. The van der Waals surface area contributed by atoms with Crippen LogP contribution in [0.5, 0.6) is 5.75 Å². The molecule has 3 aromatic rings. The second kappa shape index (κ2) is 10.6. The highest BCUT2D eigenvalue weighted by Gasteiger charge is 2.46. The van der Waals surface area contributed by atoms with Crippen molar-refractivity contribution in [2.75, 3.05) is 25.6 Å². The van der Waals surface area contributed by atoms with Gasteiger partial charge in [0.25, 0.3) is 11.7 Å². The Hall–Kier alpha value is -4.13. The Morgan fingerprint density at radius 2 is 1.86 bits per heavy atom. The summed E-state index contributed by atoms with van der Waals surface area (Å²) in [6.45, 7) is 4.71. The number of aliphatic hydroxyl groups is 1. The van der Waals surface area contributed by atoms with Crippen molar-refractivity contribution in [1.82, 2.24) is 9.88 Å². The molecule has 0 radical (unpaired) electrons. The van der Waals surface area contributed by atoms with Crippen molar-refractivity contribution in [3.05, 3.63) is 94.8 Å². The minimum Gasteiger partial charge on any atom is -0.507 e. The Kier molecular flexibility index (Phi) is 7.38. The molecule has 1 atom stereocenters. The number of anilines is 1. The van der Waals surface area contributed by atoms with Gasteiger partial charge in [0.15, 0.2) is 0 Å². The number of pyridine rings is 1. The number of amides is 1. The molecule has 7 nitrogen and oxygen atoms in total. The third-order valence-corrected chi connectivity index (χ3v) is 6.25. The van der Waals surface area contributed by atoms with Gasteiger partial charge in [-0.2, -0.15) is 0 Å². The van der Waals surface area contributed by atoms with Crippen molar-refractivity contribution >= 4 is 23.1 Å². The van der Waals surface area contributed by atoms with Gasteiger partial charge in [0, 0.05) is 44.3 Å². The van der Waals surface area contributed by atoms with Crippen LogP contribution in [-0.4, -0.2) is 47.4 Å². The lowest BCUT2D eigenvalue weighted by Gasteiger charge is -2.26. The summed E-state index contributed by atoms with van der Waals surface area (Å²) < 4.78 is 5.75. The zero-order valence-electron chi connectivity index (χ0n) is 21.1. The van der Waals surface area contributed by atoms with Gasteiger partial charge in [-0.05, 0) is 66.4 Å². The van der Waals surface area contributed by atoms with Crippen molar-refractivity contribution in [1.29, 1.82) is 0 Å². The third-order valence-electron chi connectivity index (χ3n) is 6.25. The molecular weight excluding hydrogens is 454 g/mol. The van der Waals surface area contributed by atoms with Gasteiger partial charge < -0.3 is 19.6 Å². The van der Waals surface area contributed by atoms with Gasteiger partial charge in [-0.25, -0.2) is 0 Å². The highest BCUT2D eigenvalue weighted by atomic mass is 16.5. The minimum atomic E-state index is -0.738. The molecule has 7 heteroatoms. The van der Waals surface area contributed by atoms with E-state index in [4.69, 9.17) is 4.74 Å². The monoisotopic (exact) mass is 485 g/mol. The molecule has 2 aromatic carbocycles. The zero-order chi connectivity index (χ0) is 25.8. The highest BCUT2D eigenvalue weighted by Crippen LogP contribution is 2.41. The number of aryl methyl sites for hydroxylation is 1. The van der Waals surface area contributed by atoms with E-state index in [0.29, 0.717) is 12.2 Å². The number of aliphatic hydroxyl groups excluding tert-OH is 1. The van der Waals surface area contributed by atoms with E-state index < -0.39 is 17.7 Å². The van der Waals surface area contributed by atoms with Gasteiger partial charge >= 0.3 is 0 Å². The second-order valence-electron chi connectivity index (χ2n) is 9.10. The van der Waals surface area contributed by atoms with Gasteiger partial charge in [-0.3, -0.25) is 14.6 Å². The van der Waals surface area contributed by atoms with E-state index in [1.807, 2.05) is 63.2 Å². The van der Waals surface area contributed by atoms with Crippen LogP contribution >= 0.6 is 0 Å². The lowest BCUT2D eigenvalue weighted by Crippen LogP contribution is -2.29. The number of ketones is 1. The largest absolute Gasteiger partial charge is 0.507 e. The first kappa shape index (κ1) is 25.0. The summed E-state index contributed by atoms with van der Waals surface area (Å²) in [7, 11) is 3.89. The first-order valence-corrected chi connectivity index (χ1v) is 12.0. The van der Waals surface area contributed by atoms with Crippen LogP contribution in [0.4, 0.5) is 5.69 Å². The summed E-state index contributed by atoms with van der Waals surface area (Å²) in [5.74, 6) is -0.834. The molecule has 1 amide bonds. The first-order chi connectivity index (χ1) is 17.3. The lowest BCUT2D eigenvalue weighted by molar-refractivity contribution is -0.140. The first-order valence-electron chi connectivity index (χ1n) is 12.0. The average Bonchev–Trinajstić information content (AvgIpc) is 3.13. The summed E-state index contributed by atoms with van der Waals surface area (Å²) in [4.78, 5) is 34.2. The number of nitrogens with zero attached hydrogens (tertiary/aromatic N) is 3. The van der Waals surface area contributed by atoms with E-state index in [2.05, 4.69) is 4.98 Å². The number of benzene rings is 2. The standard InChI is InChI=1S/C29H31N3O4/c1-5-15-36-24-13-10-22(16-19(24)2)27(33)25-26(21-8-11-23(12-9-21)31(3)4)32(29(35)28(25)34)18-20-7-6-14-30-17-20/h6-14,16-17,26,33H,5,15,18H2,1-4H3/b27-25-. The number of Topliss-reactive ketones (excluding diaryl/α,β-unsaturated/α-hetero) is 1. The maximum atomic E-state index is 13.3. The fourth-order valence-electron chi connectivity index (χ4n) is 4.36. The molecule has 1 unspecified atom stereocenters. The number of aromatic nitrogens is 1. The fraction of sp³-hybridized carbons (Fsp3) is 0.276. The van der Waals surface area contributed by atoms with Crippen LogP contribution in [0.3, 0.4) is 0 Å². The SMILES string of the molecule is CCCOc1ccc(/C(O)=C2/C(=O)C(=O)N(Cc3cccnc3)C2c2ccc(N(C)C)cc2)cc1C. The smallest absolute Gasteiger partial charge is 0.295 e. The number of rotatable bonds is 8. The maximum absolute atomic E-state index is 13.3. The number of likely N-dealkylation sites (tertiary alicyclic amines) is 1. The molecule has 36 heavy (non-hydrogen) atoms. The molecule has 1 saturated heterocycles. The molecule has 4 rings (SSSR count). The Labute approximate surface area is 211 Å². The van der Waals surface area contributed by atoms with Gasteiger partial charge in [0.2, 0.25) is 0 Å².